The van der Waals surface area contributed by atoms with E-state index in [9.17, 15) is 9.59 Å². The second-order valence-corrected chi connectivity index (χ2v) is 9.79. The van der Waals surface area contributed by atoms with Crippen LogP contribution < -0.4 is 15.0 Å². The van der Waals surface area contributed by atoms with Crippen molar-refractivity contribution in [2.45, 2.75) is 38.8 Å². The fraction of sp³-hybridized carbons (Fsp3) is 0.481. The first-order valence-corrected chi connectivity index (χ1v) is 12.9. The van der Waals surface area contributed by atoms with Gasteiger partial charge < -0.3 is 19.9 Å². The van der Waals surface area contributed by atoms with E-state index in [0.717, 1.165) is 45.7 Å². The van der Waals surface area contributed by atoms with Crippen LogP contribution in [0.2, 0.25) is 5.02 Å². The molecule has 0 radical (unpaired) electrons. The zero-order valence-electron chi connectivity index (χ0n) is 20.4. The maximum atomic E-state index is 12.8. The summed E-state index contributed by atoms with van der Waals surface area (Å²) in [6.07, 6.45) is 1.14. The minimum absolute atomic E-state index is 0.0846. The zero-order chi connectivity index (χ0) is 24.6. The minimum atomic E-state index is -0.110. The van der Waals surface area contributed by atoms with Crippen LogP contribution in [0.1, 0.15) is 31.7 Å². The van der Waals surface area contributed by atoms with E-state index in [2.05, 4.69) is 45.4 Å². The van der Waals surface area contributed by atoms with Crippen LogP contribution in [0.4, 0.5) is 5.69 Å². The summed E-state index contributed by atoms with van der Waals surface area (Å²) in [4.78, 5) is 31.8. The van der Waals surface area contributed by atoms with Gasteiger partial charge in [-0.2, -0.15) is 0 Å². The predicted molar refractivity (Wildman–Crippen MR) is 139 cm³/mol. The molecule has 8 heteroatoms. The molecular weight excluding hydrogens is 464 g/mol. The largest absolute Gasteiger partial charge is 0.487 e. The third-order valence-corrected chi connectivity index (χ3v) is 6.77. The molecule has 2 aromatic rings. The van der Waals surface area contributed by atoms with Gasteiger partial charge in [-0.3, -0.25) is 14.5 Å². The summed E-state index contributed by atoms with van der Waals surface area (Å²) in [7, 11) is 0. The highest BCUT2D eigenvalue weighted by atomic mass is 35.5. The van der Waals surface area contributed by atoms with Crippen LogP contribution in [0.5, 0.6) is 5.75 Å². The normalized spacial score (nSPS) is 18.6. The van der Waals surface area contributed by atoms with Crippen LogP contribution in [0.3, 0.4) is 0 Å². The Kier molecular flexibility index (Phi) is 9.01. The summed E-state index contributed by atoms with van der Waals surface area (Å²) in [5.74, 6) is 0.470. The summed E-state index contributed by atoms with van der Waals surface area (Å²) in [5.41, 5.74) is 2.03. The molecule has 1 fully saturated rings. The van der Waals surface area contributed by atoms with Gasteiger partial charge in [-0.25, -0.2) is 0 Å². The third-order valence-electron chi connectivity index (χ3n) is 6.53. The van der Waals surface area contributed by atoms with Crippen molar-refractivity contribution in [1.29, 1.82) is 0 Å². The number of hydrogen-bond acceptors (Lipinski definition) is 5. The first-order chi connectivity index (χ1) is 17.0. The standard InChI is InChI=1S/C27H35ClN4O3/c1-21-19-32(24-18-23(28)8-9-25(24)35-21)27(34)11-10-26(33)29-12-5-13-30-14-16-31(17-15-30)20-22-6-3-2-4-7-22/h2-4,6-9,18,21H,5,10-17,19-20H2,1H3,(H,29,33)/t21-/m1/s1. The highest BCUT2D eigenvalue weighted by Gasteiger charge is 2.28. The van der Waals surface area contributed by atoms with E-state index < -0.39 is 0 Å². The minimum Gasteiger partial charge on any atom is -0.487 e. The molecule has 0 aliphatic carbocycles. The van der Waals surface area contributed by atoms with Gasteiger partial charge in [0.2, 0.25) is 11.8 Å². The Morgan fingerprint density at radius 3 is 2.54 bits per heavy atom. The summed E-state index contributed by atoms with van der Waals surface area (Å²) < 4.78 is 5.80. The quantitative estimate of drug-likeness (QED) is 0.535. The molecule has 2 amide bonds. The number of hydrogen-bond donors (Lipinski definition) is 1. The number of benzene rings is 2. The average molecular weight is 499 g/mol. The molecule has 2 aromatic carbocycles. The highest BCUT2D eigenvalue weighted by Crippen LogP contribution is 2.36. The van der Waals surface area contributed by atoms with E-state index in [-0.39, 0.29) is 30.8 Å². The van der Waals surface area contributed by atoms with Crippen molar-refractivity contribution in [1.82, 2.24) is 15.1 Å². The molecular formula is C27H35ClN4O3. The molecule has 0 spiro atoms. The van der Waals surface area contributed by atoms with Gasteiger partial charge in [0.05, 0.1) is 12.2 Å². The van der Waals surface area contributed by atoms with E-state index in [1.807, 2.05) is 6.92 Å². The summed E-state index contributed by atoms with van der Waals surface area (Å²) in [5, 5.41) is 3.52. The van der Waals surface area contributed by atoms with Gasteiger partial charge in [-0.15, -0.1) is 0 Å². The number of anilines is 1. The number of amides is 2. The Bertz CT molecular complexity index is 995. The topological polar surface area (TPSA) is 65.1 Å². The maximum absolute atomic E-state index is 12.8. The Balaban J connectivity index is 1.11. The lowest BCUT2D eigenvalue weighted by Gasteiger charge is -2.34. The van der Waals surface area contributed by atoms with E-state index in [4.69, 9.17) is 16.3 Å². The van der Waals surface area contributed by atoms with Gasteiger partial charge in [-0.05, 0) is 43.7 Å². The highest BCUT2D eigenvalue weighted by molar-refractivity contribution is 6.31. The van der Waals surface area contributed by atoms with E-state index >= 15 is 0 Å². The maximum Gasteiger partial charge on any atom is 0.227 e. The predicted octanol–water partition coefficient (Wildman–Crippen LogP) is 3.56. The van der Waals surface area contributed by atoms with E-state index in [1.54, 1.807) is 23.1 Å². The molecule has 1 atom stereocenters. The van der Waals surface area contributed by atoms with Gasteiger partial charge in [0.1, 0.15) is 11.9 Å². The second kappa shape index (κ2) is 12.4. The van der Waals surface area contributed by atoms with Crippen molar-refractivity contribution in [2.75, 3.05) is 50.7 Å². The van der Waals surface area contributed by atoms with Gasteiger partial charge in [0, 0.05) is 57.1 Å². The lowest BCUT2D eigenvalue weighted by atomic mass is 10.1. The fourth-order valence-electron chi connectivity index (χ4n) is 4.63. The number of nitrogens with zero attached hydrogens (tertiary/aromatic N) is 3. The fourth-order valence-corrected chi connectivity index (χ4v) is 4.80. The number of carbonyl (C=O) groups excluding carboxylic acids is 2. The van der Waals surface area contributed by atoms with Crippen LogP contribution >= 0.6 is 11.6 Å². The van der Waals surface area contributed by atoms with Crippen molar-refractivity contribution >= 4 is 29.1 Å². The molecule has 2 aliphatic rings. The smallest absolute Gasteiger partial charge is 0.227 e. The Morgan fingerprint density at radius 1 is 1.03 bits per heavy atom. The molecule has 7 nitrogen and oxygen atoms in total. The molecule has 188 valence electrons. The molecule has 2 heterocycles. The molecule has 1 N–H and O–H groups in total. The number of ether oxygens (including phenoxy) is 1. The zero-order valence-corrected chi connectivity index (χ0v) is 21.2. The van der Waals surface area contributed by atoms with Crippen molar-refractivity contribution in [3.63, 3.8) is 0 Å². The van der Waals surface area contributed by atoms with Gasteiger partial charge >= 0.3 is 0 Å². The average Bonchev–Trinajstić information content (AvgIpc) is 2.86. The first-order valence-electron chi connectivity index (χ1n) is 12.5. The summed E-state index contributed by atoms with van der Waals surface area (Å²) in [6, 6.07) is 15.9. The lowest BCUT2D eigenvalue weighted by Crippen LogP contribution is -2.46. The number of halogens is 1. The number of fused-ring (bicyclic) bond motifs is 1. The van der Waals surface area contributed by atoms with Crippen LogP contribution in [-0.2, 0) is 16.1 Å². The van der Waals surface area contributed by atoms with Crippen molar-refractivity contribution in [3.8, 4) is 5.75 Å². The molecule has 0 saturated carbocycles. The molecule has 1 saturated heterocycles. The van der Waals surface area contributed by atoms with E-state index in [0.29, 0.717) is 29.5 Å². The van der Waals surface area contributed by atoms with Crippen LogP contribution in [0.25, 0.3) is 0 Å². The van der Waals surface area contributed by atoms with Crippen molar-refractivity contribution in [3.05, 3.63) is 59.1 Å². The van der Waals surface area contributed by atoms with Crippen LogP contribution in [0.15, 0.2) is 48.5 Å². The second-order valence-electron chi connectivity index (χ2n) is 9.35. The molecule has 0 aromatic heterocycles. The van der Waals surface area contributed by atoms with Gasteiger partial charge in [0.15, 0.2) is 0 Å². The molecule has 0 bridgehead atoms. The number of nitrogens with one attached hydrogen (secondary N) is 1. The lowest BCUT2D eigenvalue weighted by molar-refractivity contribution is -0.125. The van der Waals surface area contributed by atoms with Crippen LogP contribution in [0, 0.1) is 0 Å². The Labute approximate surface area is 213 Å². The number of rotatable bonds is 9. The number of piperazine rings is 1. The molecule has 2 aliphatic heterocycles. The third kappa shape index (κ3) is 7.43. The Hall–Kier alpha value is -2.61. The summed E-state index contributed by atoms with van der Waals surface area (Å²) >= 11 is 6.11. The first kappa shape index (κ1) is 25.5. The van der Waals surface area contributed by atoms with Gasteiger partial charge in [0.25, 0.3) is 0 Å². The van der Waals surface area contributed by atoms with Crippen molar-refractivity contribution < 1.29 is 14.3 Å². The van der Waals surface area contributed by atoms with Gasteiger partial charge in [-0.1, -0.05) is 41.9 Å². The molecule has 0 unspecified atom stereocenters. The van der Waals surface area contributed by atoms with Crippen LogP contribution in [-0.4, -0.2) is 73.5 Å². The Morgan fingerprint density at radius 2 is 1.77 bits per heavy atom. The molecule has 35 heavy (non-hydrogen) atoms. The monoisotopic (exact) mass is 498 g/mol. The number of carbonyl (C=O) groups is 2. The van der Waals surface area contributed by atoms with E-state index in [1.165, 1.54) is 5.56 Å². The SMILES string of the molecule is C[C@@H]1CN(C(=O)CCC(=O)NCCCN2CCN(Cc3ccccc3)CC2)c2cc(Cl)ccc2O1. The molecule has 4 rings (SSSR count). The van der Waals surface area contributed by atoms with Crippen molar-refractivity contribution in [2.24, 2.45) is 0 Å². The summed E-state index contributed by atoms with van der Waals surface area (Å²) in [6.45, 7) is 9.23.